The summed E-state index contributed by atoms with van der Waals surface area (Å²) in [4.78, 5) is 11.0. The molecule has 31 heavy (non-hydrogen) atoms. The normalized spacial score (nSPS) is 17.6. The molecule has 0 fully saturated rings. The zero-order valence-electron chi connectivity index (χ0n) is 18.4. The number of carbonyl (C=O) groups is 1. The van der Waals surface area contributed by atoms with E-state index in [1.165, 1.54) is 0 Å². The van der Waals surface area contributed by atoms with Crippen molar-refractivity contribution in [2.45, 2.75) is 58.2 Å². The summed E-state index contributed by atoms with van der Waals surface area (Å²) in [6.07, 6.45) is 0.112. The second-order valence-electron chi connectivity index (χ2n) is 8.63. The highest BCUT2D eigenvalue weighted by atomic mass is 35.5. The Hall–Kier alpha value is -2.60. The van der Waals surface area contributed by atoms with Gasteiger partial charge in [-0.15, -0.1) is 0 Å². The van der Waals surface area contributed by atoms with Crippen molar-refractivity contribution in [2.75, 3.05) is 13.2 Å². The first-order valence-corrected chi connectivity index (χ1v) is 10.8. The summed E-state index contributed by atoms with van der Waals surface area (Å²) < 4.78 is 22.3. The van der Waals surface area contributed by atoms with Gasteiger partial charge in [-0.2, -0.15) is 0 Å². The topological polar surface area (TPSA) is 74.2 Å². The molecule has 0 aromatic heterocycles. The average molecular weight is 449 g/mol. The molecule has 0 aliphatic carbocycles. The van der Waals surface area contributed by atoms with Crippen molar-refractivity contribution >= 4 is 17.8 Å². The number of hydrogen-bond acceptors (Lipinski definition) is 5. The van der Waals surface area contributed by atoms with E-state index in [4.69, 9.17) is 35.7 Å². The van der Waals surface area contributed by atoms with Crippen LogP contribution in [0.25, 0.3) is 0 Å². The van der Waals surface area contributed by atoms with Crippen LogP contribution in [-0.4, -0.2) is 30.3 Å². The van der Waals surface area contributed by atoms with Crippen LogP contribution in [-0.2, 0) is 16.6 Å². The Labute approximate surface area is 188 Å². The summed E-state index contributed by atoms with van der Waals surface area (Å²) >= 11 is 6.35. The standard InChI is InChI=1S/C24H29ClO6/c1-5-24(31-22(26)27)15-16-13-18(8-10-20(16)30-24)28-11-6-12-29-21-9-7-17(14-19(21)25)23(2,3)4/h7-10,13-14H,5-6,11-12,15H2,1-4H3,(H,26,27). The lowest BCUT2D eigenvalue weighted by Gasteiger charge is -2.25. The Balaban J connectivity index is 1.48. The summed E-state index contributed by atoms with van der Waals surface area (Å²) in [5.74, 6) is 0.811. The number of hydrogen-bond donors (Lipinski definition) is 1. The van der Waals surface area contributed by atoms with Gasteiger partial charge in [0.15, 0.2) is 0 Å². The molecule has 6 nitrogen and oxygen atoms in total. The number of ether oxygens (including phenoxy) is 4. The maximum Gasteiger partial charge on any atom is 0.509 e. The van der Waals surface area contributed by atoms with E-state index < -0.39 is 11.9 Å². The van der Waals surface area contributed by atoms with E-state index in [-0.39, 0.29) is 5.41 Å². The summed E-state index contributed by atoms with van der Waals surface area (Å²) in [5.41, 5.74) is 2.06. The molecule has 3 rings (SSSR count). The Morgan fingerprint density at radius 3 is 2.55 bits per heavy atom. The largest absolute Gasteiger partial charge is 0.509 e. The summed E-state index contributed by atoms with van der Waals surface area (Å²) in [6.45, 7) is 9.21. The molecule has 0 saturated carbocycles. The monoisotopic (exact) mass is 448 g/mol. The number of halogens is 1. The lowest BCUT2D eigenvalue weighted by atomic mass is 9.87. The van der Waals surface area contributed by atoms with Crippen molar-refractivity contribution in [3.05, 3.63) is 52.5 Å². The van der Waals surface area contributed by atoms with Crippen LogP contribution in [0.5, 0.6) is 17.2 Å². The van der Waals surface area contributed by atoms with Gasteiger partial charge in [-0.1, -0.05) is 45.4 Å². The first-order valence-electron chi connectivity index (χ1n) is 10.4. The fraction of sp³-hybridized carbons (Fsp3) is 0.458. The fourth-order valence-corrected chi connectivity index (χ4v) is 3.65. The minimum absolute atomic E-state index is 0.0352. The van der Waals surface area contributed by atoms with Crippen LogP contribution in [0, 0.1) is 0 Å². The molecule has 168 valence electrons. The summed E-state index contributed by atoms with van der Waals surface area (Å²) in [6, 6.07) is 11.3. The molecule has 2 aromatic rings. The van der Waals surface area contributed by atoms with E-state index in [0.29, 0.717) is 54.7 Å². The highest BCUT2D eigenvalue weighted by Crippen LogP contribution is 2.39. The van der Waals surface area contributed by atoms with E-state index in [2.05, 4.69) is 20.8 Å². The number of benzene rings is 2. The maximum absolute atomic E-state index is 11.0. The molecule has 0 radical (unpaired) electrons. The van der Waals surface area contributed by atoms with Crippen LogP contribution in [0.4, 0.5) is 4.79 Å². The second-order valence-corrected chi connectivity index (χ2v) is 9.03. The lowest BCUT2D eigenvalue weighted by molar-refractivity contribution is -0.140. The Kier molecular flexibility index (Phi) is 6.90. The molecule has 2 aromatic carbocycles. The molecule has 0 saturated heterocycles. The van der Waals surface area contributed by atoms with Gasteiger partial charge in [0.1, 0.15) is 17.2 Å². The summed E-state index contributed by atoms with van der Waals surface area (Å²) in [7, 11) is 0. The van der Waals surface area contributed by atoms with Crippen molar-refractivity contribution in [2.24, 2.45) is 0 Å². The van der Waals surface area contributed by atoms with Crippen LogP contribution in [0.2, 0.25) is 5.02 Å². The predicted molar refractivity (Wildman–Crippen MR) is 119 cm³/mol. The second kappa shape index (κ2) is 9.27. The number of rotatable bonds is 8. The average Bonchev–Trinajstić information content (AvgIpc) is 3.05. The van der Waals surface area contributed by atoms with E-state index in [1.807, 2.05) is 31.2 Å². The van der Waals surface area contributed by atoms with Crippen molar-refractivity contribution < 1.29 is 28.8 Å². The van der Waals surface area contributed by atoms with Gasteiger partial charge in [0.2, 0.25) is 0 Å². The molecule has 1 aliphatic rings. The SMILES string of the molecule is CCC1(OC(=O)O)Cc2cc(OCCCOc3ccc(C(C)(C)C)cc3Cl)ccc2O1. The van der Waals surface area contributed by atoms with E-state index in [1.54, 1.807) is 12.1 Å². The van der Waals surface area contributed by atoms with Gasteiger partial charge in [0.05, 0.1) is 24.7 Å². The first-order chi connectivity index (χ1) is 14.6. The Bertz CT molecular complexity index is 936. The molecule has 1 atom stereocenters. The highest BCUT2D eigenvalue weighted by molar-refractivity contribution is 6.32. The molecule has 7 heteroatoms. The molecular formula is C24H29ClO6. The minimum Gasteiger partial charge on any atom is -0.493 e. The van der Waals surface area contributed by atoms with Gasteiger partial charge in [-0.3, -0.25) is 0 Å². The smallest absolute Gasteiger partial charge is 0.493 e. The van der Waals surface area contributed by atoms with Gasteiger partial charge in [-0.05, 0) is 41.3 Å². The third-order valence-electron chi connectivity index (χ3n) is 5.21. The van der Waals surface area contributed by atoms with Crippen molar-refractivity contribution in [1.29, 1.82) is 0 Å². The van der Waals surface area contributed by atoms with Gasteiger partial charge < -0.3 is 24.1 Å². The van der Waals surface area contributed by atoms with Crippen LogP contribution < -0.4 is 14.2 Å². The minimum atomic E-state index is -1.35. The van der Waals surface area contributed by atoms with Crippen molar-refractivity contribution in [1.82, 2.24) is 0 Å². The van der Waals surface area contributed by atoms with Crippen LogP contribution in [0.3, 0.4) is 0 Å². The Morgan fingerprint density at radius 1 is 1.16 bits per heavy atom. The molecule has 1 aliphatic heterocycles. The van der Waals surface area contributed by atoms with Gasteiger partial charge in [0, 0.05) is 18.4 Å². The maximum atomic E-state index is 11.0. The highest BCUT2D eigenvalue weighted by Gasteiger charge is 2.42. The van der Waals surface area contributed by atoms with Crippen LogP contribution >= 0.6 is 11.6 Å². The molecule has 1 unspecified atom stereocenters. The molecular weight excluding hydrogens is 420 g/mol. The first kappa shape index (κ1) is 23.1. The molecule has 1 N–H and O–H groups in total. The number of fused-ring (bicyclic) bond motifs is 1. The van der Waals surface area contributed by atoms with Crippen molar-refractivity contribution in [3.8, 4) is 17.2 Å². The van der Waals surface area contributed by atoms with Gasteiger partial charge >= 0.3 is 6.16 Å². The quantitative estimate of drug-likeness (QED) is 0.381. The molecule has 1 heterocycles. The van der Waals surface area contributed by atoms with E-state index >= 15 is 0 Å². The zero-order valence-corrected chi connectivity index (χ0v) is 19.1. The van der Waals surface area contributed by atoms with E-state index in [9.17, 15) is 4.79 Å². The van der Waals surface area contributed by atoms with E-state index in [0.717, 1.165) is 11.1 Å². The van der Waals surface area contributed by atoms with Gasteiger partial charge in [0.25, 0.3) is 5.79 Å². The fourth-order valence-electron chi connectivity index (χ4n) is 3.41. The molecule has 0 amide bonds. The molecule has 0 spiro atoms. The summed E-state index contributed by atoms with van der Waals surface area (Å²) in [5, 5.41) is 9.58. The lowest BCUT2D eigenvalue weighted by Crippen LogP contribution is -2.38. The van der Waals surface area contributed by atoms with Gasteiger partial charge in [-0.25, -0.2) is 4.79 Å². The predicted octanol–water partition coefficient (Wildman–Crippen LogP) is 6.22. The molecule has 0 bridgehead atoms. The van der Waals surface area contributed by atoms with Crippen molar-refractivity contribution in [3.63, 3.8) is 0 Å². The number of carboxylic acid groups (broad SMARTS) is 1. The Morgan fingerprint density at radius 2 is 1.90 bits per heavy atom. The van der Waals surface area contributed by atoms with Crippen LogP contribution in [0.15, 0.2) is 36.4 Å². The third-order valence-corrected chi connectivity index (χ3v) is 5.51. The zero-order chi connectivity index (χ0) is 22.6. The third kappa shape index (κ3) is 5.76. The van der Waals surface area contributed by atoms with Crippen LogP contribution in [0.1, 0.15) is 51.7 Å².